The van der Waals surface area contributed by atoms with Crippen molar-refractivity contribution in [1.82, 2.24) is 0 Å². The van der Waals surface area contributed by atoms with Crippen molar-refractivity contribution in [2.45, 2.75) is 58.0 Å². The summed E-state index contributed by atoms with van der Waals surface area (Å²) < 4.78 is 0. The molecule has 0 unspecified atom stereocenters. The molecular formula is C20H28O4. The molecule has 4 aliphatic rings. The molecule has 4 nitrogen and oxygen atoms in total. The lowest BCUT2D eigenvalue weighted by atomic mass is 9.50. The Morgan fingerprint density at radius 1 is 1.25 bits per heavy atom. The average Bonchev–Trinajstić information content (AvgIpc) is 2.90. The monoisotopic (exact) mass is 332 g/mol. The van der Waals surface area contributed by atoms with Gasteiger partial charge < -0.3 is 10.2 Å². The largest absolute Gasteiger partial charge is 0.393 e. The predicted octanol–water partition coefficient (Wildman–Crippen LogP) is 2.28. The molecule has 0 aromatic rings. The van der Waals surface area contributed by atoms with E-state index in [1.54, 1.807) is 0 Å². The number of Topliss-reactive ketones (excluding diaryl/α,β-unsaturated/α-hetero) is 1. The Balaban J connectivity index is 1.65. The molecule has 0 spiro atoms. The first-order chi connectivity index (χ1) is 11.5. The number of allylic oxidation sites excluding steroid dienone is 1. The molecule has 0 bridgehead atoms. The molecule has 0 heterocycles. The van der Waals surface area contributed by atoms with Crippen LogP contribution in [-0.4, -0.2) is 34.5 Å². The Hall–Kier alpha value is -1.00. The van der Waals surface area contributed by atoms with Gasteiger partial charge in [-0.1, -0.05) is 12.5 Å². The second-order valence-electron chi connectivity index (χ2n) is 8.75. The molecule has 0 saturated heterocycles. The maximum Gasteiger partial charge on any atom is 0.161 e. The molecule has 4 aliphatic carbocycles. The third-order valence-corrected chi connectivity index (χ3v) is 7.81. The Kier molecular flexibility index (Phi) is 3.96. The summed E-state index contributed by atoms with van der Waals surface area (Å²) in [6.07, 6.45) is 7.47. The number of carbonyl (C=O) groups excluding carboxylic acids is 2. The smallest absolute Gasteiger partial charge is 0.161 e. The Morgan fingerprint density at radius 2 is 2.04 bits per heavy atom. The van der Waals surface area contributed by atoms with E-state index in [9.17, 15) is 19.8 Å². The SMILES string of the molecule is C[C@]12C[C@@H](O)[C@H]3[C@@H](CCC4=CC(=O)CC[C@@H]43)[C@@H]1CC[C@@H]2C(=O)CO. The first kappa shape index (κ1) is 16.5. The minimum atomic E-state index is -0.398. The van der Waals surface area contributed by atoms with E-state index < -0.39 is 6.10 Å². The van der Waals surface area contributed by atoms with Gasteiger partial charge in [0.15, 0.2) is 11.6 Å². The lowest BCUT2D eigenvalue weighted by Gasteiger charge is -2.55. The Morgan fingerprint density at radius 3 is 2.79 bits per heavy atom. The molecular weight excluding hydrogens is 304 g/mol. The zero-order chi connectivity index (χ0) is 17.1. The quantitative estimate of drug-likeness (QED) is 0.813. The highest BCUT2D eigenvalue weighted by molar-refractivity contribution is 5.91. The van der Waals surface area contributed by atoms with Gasteiger partial charge in [0.25, 0.3) is 0 Å². The predicted molar refractivity (Wildman–Crippen MR) is 89.1 cm³/mol. The van der Waals surface area contributed by atoms with Gasteiger partial charge in [-0.15, -0.1) is 0 Å². The number of rotatable bonds is 2. The van der Waals surface area contributed by atoms with E-state index in [1.807, 2.05) is 6.08 Å². The van der Waals surface area contributed by atoms with E-state index in [2.05, 4.69) is 6.92 Å². The van der Waals surface area contributed by atoms with Crippen LogP contribution in [0.15, 0.2) is 11.6 Å². The average molecular weight is 332 g/mol. The van der Waals surface area contributed by atoms with Crippen LogP contribution >= 0.6 is 0 Å². The van der Waals surface area contributed by atoms with Crippen LogP contribution in [0.4, 0.5) is 0 Å². The molecule has 0 aliphatic heterocycles. The summed E-state index contributed by atoms with van der Waals surface area (Å²) >= 11 is 0. The molecule has 0 aromatic carbocycles. The van der Waals surface area contributed by atoms with E-state index >= 15 is 0 Å². The van der Waals surface area contributed by atoms with Gasteiger partial charge in [-0.05, 0) is 73.7 Å². The van der Waals surface area contributed by atoms with Crippen LogP contribution in [0, 0.1) is 35.0 Å². The lowest BCUT2D eigenvalue weighted by Crippen LogP contribution is -2.53. The maximum absolute atomic E-state index is 12.2. The van der Waals surface area contributed by atoms with Gasteiger partial charge in [0.2, 0.25) is 0 Å². The van der Waals surface area contributed by atoms with Crippen molar-refractivity contribution in [3.63, 3.8) is 0 Å². The fraction of sp³-hybridized carbons (Fsp3) is 0.800. The molecule has 3 fully saturated rings. The normalized spacial score (nSPS) is 47.5. The van der Waals surface area contributed by atoms with Crippen LogP contribution < -0.4 is 0 Å². The Labute approximate surface area is 143 Å². The fourth-order valence-electron chi connectivity index (χ4n) is 6.90. The highest BCUT2D eigenvalue weighted by atomic mass is 16.3. The van der Waals surface area contributed by atoms with Crippen LogP contribution in [0.1, 0.15) is 51.9 Å². The summed E-state index contributed by atoms with van der Waals surface area (Å²) in [4.78, 5) is 24.0. The third-order valence-electron chi connectivity index (χ3n) is 7.81. The minimum absolute atomic E-state index is 0.0506. The molecule has 0 aromatic heterocycles. The maximum atomic E-state index is 12.2. The zero-order valence-electron chi connectivity index (χ0n) is 14.4. The topological polar surface area (TPSA) is 74.6 Å². The third kappa shape index (κ3) is 2.26. The number of hydrogen-bond acceptors (Lipinski definition) is 4. The fourth-order valence-corrected chi connectivity index (χ4v) is 6.90. The molecule has 4 rings (SSSR count). The number of aliphatic hydroxyl groups is 2. The minimum Gasteiger partial charge on any atom is -0.393 e. The number of carbonyl (C=O) groups is 2. The molecule has 24 heavy (non-hydrogen) atoms. The Bertz CT molecular complexity index is 594. The summed E-state index contributed by atoms with van der Waals surface area (Å²) in [6.45, 7) is 1.78. The van der Waals surface area contributed by atoms with E-state index in [-0.39, 0.29) is 35.4 Å². The van der Waals surface area contributed by atoms with E-state index in [0.717, 1.165) is 32.1 Å². The summed E-state index contributed by atoms with van der Waals surface area (Å²) in [5.74, 6) is 1.60. The first-order valence-electron chi connectivity index (χ1n) is 9.50. The molecule has 3 saturated carbocycles. The van der Waals surface area contributed by atoms with Gasteiger partial charge in [0.1, 0.15) is 6.61 Å². The molecule has 4 heteroatoms. The van der Waals surface area contributed by atoms with Crippen molar-refractivity contribution in [1.29, 1.82) is 0 Å². The van der Waals surface area contributed by atoms with Crippen molar-refractivity contribution in [2.75, 3.05) is 6.61 Å². The number of fused-ring (bicyclic) bond motifs is 5. The van der Waals surface area contributed by atoms with Crippen LogP contribution in [0.25, 0.3) is 0 Å². The van der Waals surface area contributed by atoms with Crippen molar-refractivity contribution in [3.05, 3.63) is 11.6 Å². The standard InChI is InChI=1S/C20H28O4/c1-20-9-17(23)19-13-5-3-12(22)8-11(13)2-4-14(19)15(20)6-7-16(20)18(24)10-21/h8,13-17,19,21,23H,2-7,9-10H2,1H3/t13-,14-,15-,16+,17+,19+,20-/m0/s1. The van der Waals surface area contributed by atoms with Crippen molar-refractivity contribution >= 4 is 11.6 Å². The van der Waals surface area contributed by atoms with Gasteiger partial charge in [-0.3, -0.25) is 9.59 Å². The van der Waals surface area contributed by atoms with Crippen molar-refractivity contribution in [2.24, 2.45) is 35.0 Å². The van der Waals surface area contributed by atoms with Gasteiger partial charge in [0.05, 0.1) is 6.10 Å². The summed E-state index contributed by atoms with van der Waals surface area (Å²) in [6, 6.07) is 0. The van der Waals surface area contributed by atoms with Gasteiger partial charge in [-0.25, -0.2) is 0 Å². The van der Waals surface area contributed by atoms with E-state index in [1.165, 1.54) is 5.57 Å². The number of hydrogen-bond donors (Lipinski definition) is 2. The van der Waals surface area contributed by atoms with Gasteiger partial charge >= 0.3 is 0 Å². The first-order valence-corrected chi connectivity index (χ1v) is 9.50. The van der Waals surface area contributed by atoms with Crippen LogP contribution in [0.3, 0.4) is 0 Å². The molecule has 0 amide bonds. The molecule has 132 valence electrons. The second kappa shape index (κ2) is 5.77. The van der Waals surface area contributed by atoms with Gasteiger partial charge in [0, 0.05) is 12.3 Å². The zero-order valence-corrected chi connectivity index (χ0v) is 14.4. The highest BCUT2D eigenvalue weighted by Gasteiger charge is 2.60. The van der Waals surface area contributed by atoms with E-state index in [0.29, 0.717) is 30.6 Å². The van der Waals surface area contributed by atoms with Crippen LogP contribution in [-0.2, 0) is 9.59 Å². The van der Waals surface area contributed by atoms with E-state index in [4.69, 9.17) is 0 Å². The van der Waals surface area contributed by atoms with Crippen LogP contribution in [0.5, 0.6) is 0 Å². The second-order valence-corrected chi connectivity index (χ2v) is 8.75. The van der Waals surface area contributed by atoms with Crippen molar-refractivity contribution < 1.29 is 19.8 Å². The van der Waals surface area contributed by atoms with Crippen LogP contribution in [0.2, 0.25) is 0 Å². The lowest BCUT2D eigenvalue weighted by molar-refractivity contribution is -0.139. The number of ketones is 2. The summed E-state index contributed by atoms with van der Waals surface area (Å²) in [5.41, 5.74) is 1.09. The number of aliphatic hydroxyl groups excluding tert-OH is 2. The molecule has 0 radical (unpaired) electrons. The van der Waals surface area contributed by atoms with Gasteiger partial charge in [-0.2, -0.15) is 0 Å². The van der Waals surface area contributed by atoms with Crippen molar-refractivity contribution in [3.8, 4) is 0 Å². The summed E-state index contributed by atoms with van der Waals surface area (Å²) in [5, 5.41) is 20.3. The highest BCUT2D eigenvalue weighted by Crippen LogP contribution is 2.63. The molecule has 7 atom stereocenters. The summed E-state index contributed by atoms with van der Waals surface area (Å²) in [7, 11) is 0. The molecule has 2 N–H and O–H groups in total.